The highest BCUT2D eigenvalue weighted by Gasteiger charge is 2.11. The molecule has 1 aliphatic heterocycles. The van der Waals surface area contributed by atoms with Gasteiger partial charge in [-0.2, -0.15) is 0 Å². The minimum atomic E-state index is -0.167. The van der Waals surface area contributed by atoms with Crippen LogP contribution in [-0.2, 0) is 75.2 Å². The summed E-state index contributed by atoms with van der Waals surface area (Å²) in [4.78, 5) is 109. The molecular weight excluding hydrogens is 1340 g/mol. The zero-order valence-electron chi connectivity index (χ0n) is 75.7. The third kappa shape index (κ3) is 672. The normalized spacial score (nSPS) is 7.17. The molecule has 26 heteroatoms. The van der Waals surface area contributed by atoms with Crippen LogP contribution in [0, 0.1) is 29.6 Å². The van der Waals surface area contributed by atoms with E-state index in [1.807, 2.05) is 166 Å². The van der Waals surface area contributed by atoms with Gasteiger partial charge in [-0.3, -0.25) is 4.79 Å². The second-order valence-electron chi connectivity index (χ2n) is 18.1. The number of amides is 1. The summed E-state index contributed by atoms with van der Waals surface area (Å²) in [6.07, 6.45) is 17.4. The molecule has 2 aromatic rings. The molecule has 105 heavy (non-hydrogen) atoms. The number of nitrogens with zero attached hydrogens (tertiary/aromatic N) is 1. The van der Waals surface area contributed by atoms with Crippen LogP contribution < -0.4 is 66.0 Å². The Bertz CT molecular complexity index is 1150. The molecule has 0 aliphatic carbocycles. The molecule has 1 heterocycles. The number of carbonyl (C=O) groups is 13. The molecule has 1 aliphatic rings. The predicted octanol–water partition coefficient (Wildman–Crippen LogP) is 18.8. The Kier molecular flexibility index (Phi) is 772. The molecule has 0 aromatic heterocycles. The van der Waals surface area contributed by atoms with Crippen molar-refractivity contribution in [1.29, 1.82) is 0 Å². The summed E-state index contributed by atoms with van der Waals surface area (Å²) in [5.41, 5.74) is 21.5. The van der Waals surface area contributed by atoms with Crippen molar-refractivity contribution < 1.29 is 67.4 Å². The quantitative estimate of drug-likeness (QED) is 0.109. The van der Waals surface area contributed by atoms with Crippen molar-refractivity contribution in [2.75, 3.05) is 40.8 Å². The minimum absolute atomic E-state index is 0. The van der Waals surface area contributed by atoms with Gasteiger partial charge in [-0.1, -0.05) is 271 Å². The number of allylic oxidation sites excluding steroid dienone is 2. The molecule has 26 nitrogen and oxygen atoms in total. The van der Waals surface area contributed by atoms with Crippen LogP contribution in [0.4, 0.5) is 0 Å². The average Bonchev–Trinajstić information content (AvgIpc) is 1.42. The molecule has 656 valence electrons. The standard InChI is InChI=1S/2C8H10.C7H13NO.4C5H12.C4H11N.C4H10.C4H8.C3H8O.3C2H6.3CH5N.12CH2O.7H3N/c2*1-2-8-6-4-3-5-7-8;1-7(9)8-5-3-2-4-6-8;4*1-4-5(2)3;1-2-3-4-5;1-4(2)3;1-3-4-2;1-3(2)4;18*1-2;;;;;;;/h2*3-7H,2H2,1H3;2-6H2,1H3;4*5H,4H2,1-3H3;2-5H2,1H3;4H,1-3H3;2*3-4H,1-2H3;3*1-2H3;3*2H2,1H3;12*1H2;7*1H3/b;;;;;;;;;4-3-;;;;;;;;;;;;;;;;;;;;;;;;;;. The molecule has 1 amide bonds. The van der Waals surface area contributed by atoms with E-state index in [1.165, 1.54) is 90.1 Å². The van der Waals surface area contributed by atoms with Gasteiger partial charge in [0.15, 0.2) is 0 Å². The van der Waals surface area contributed by atoms with E-state index >= 15 is 0 Å². The fourth-order valence-electron chi connectivity index (χ4n) is 2.84. The first kappa shape index (κ1) is 218. The van der Waals surface area contributed by atoms with Gasteiger partial charge in [0.25, 0.3) is 0 Å². The van der Waals surface area contributed by atoms with Crippen LogP contribution in [0.15, 0.2) is 72.8 Å². The summed E-state index contributed by atoms with van der Waals surface area (Å²) in [6.45, 7) is 87.4. The van der Waals surface area contributed by atoms with Gasteiger partial charge in [0, 0.05) is 26.1 Å². The number of aryl methyl sites for hydroxylation is 2. The maximum absolute atomic E-state index is 10.7. The van der Waals surface area contributed by atoms with Crippen molar-refractivity contribution in [2.45, 2.75) is 278 Å². The molecule has 0 bridgehead atoms. The van der Waals surface area contributed by atoms with Crippen LogP contribution in [0.3, 0.4) is 0 Å². The molecule has 0 atom stereocenters. The number of aliphatic hydroxyl groups is 1. The van der Waals surface area contributed by atoms with Crippen molar-refractivity contribution >= 4 is 87.4 Å². The Hall–Kier alpha value is -6.79. The summed E-state index contributed by atoms with van der Waals surface area (Å²) >= 11 is 0. The van der Waals surface area contributed by atoms with E-state index in [2.05, 4.69) is 190 Å². The molecule has 1 saturated heterocycles. The number of hydrogen-bond donors (Lipinski definition) is 12. The second-order valence-corrected chi connectivity index (χ2v) is 18.1. The Balaban J connectivity index is -0.0000000168. The van der Waals surface area contributed by atoms with Crippen molar-refractivity contribution in [2.24, 2.45) is 52.5 Å². The molecule has 1 fully saturated rings. The fourth-order valence-corrected chi connectivity index (χ4v) is 2.84. The maximum atomic E-state index is 10.7. The molecule has 0 spiro atoms. The number of piperidine rings is 1. The molecule has 2 aromatic carbocycles. The van der Waals surface area contributed by atoms with E-state index in [-0.39, 0.29) is 55.1 Å². The number of hydrogen-bond acceptors (Lipinski definition) is 25. The van der Waals surface area contributed by atoms with E-state index in [1.54, 1.807) is 20.8 Å². The number of benzene rings is 2. The van der Waals surface area contributed by atoms with Crippen molar-refractivity contribution in [3.8, 4) is 0 Å². The zero-order chi connectivity index (χ0) is 86.2. The summed E-state index contributed by atoms with van der Waals surface area (Å²) in [6, 6.07) is 20.9. The smallest absolute Gasteiger partial charge is 0.219 e. The van der Waals surface area contributed by atoms with Crippen molar-refractivity contribution in [3.63, 3.8) is 0 Å². The van der Waals surface area contributed by atoms with Gasteiger partial charge in [0.05, 0.1) is 0 Å². The zero-order valence-corrected chi connectivity index (χ0v) is 75.7. The number of likely N-dealkylation sites (tertiary alicyclic amines) is 1. The summed E-state index contributed by atoms with van der Waals surface area (Å²) < 4.78 is 0. The first-order chi connectivity index (χ1) is 47.0. The van der Waals surface area contributed by atoms with E-state index in [4.69, 9.17) is 68.4 Å². The molecule has 0 radical (unpaired) electrons. The lowest BCUT2D eigenvalue weighted by atomic mass is 10.1. The van der Waals surface area contributed by atoms with Gasteiger partial charge in [0.2, 0.25) is 5.91 Å². The predicted molar refractivity (Wildman–Crippen MR) is 476 cm³/mol. The lowest BCUT2D eigenvalue weighted by Crippen LogP contribution is -2.33. The van der Waals surface area contributed by atoms with Gasteiger partial charge in [0.1, 0.15) is 81.5 Å². The summed E-state index contributed by atoms with van der Waals surface area (Å²) in [5.74, 6) is 4.60. The highest BCUT2D eigenvalue weighted by atomic mass is 16.3. The molecular formula is C79H196N12O14. The largest absolute Gasteiger partial charge is 0.394 e. The van der Waals surface area contributed by atoms with E-state index < -0.39 is 0 Å². The van der Waals surface area contributed by atoms with Crippen LogP contribution in [0.1, 0.15) is 270 Å². The molecule has 0 saturated carbocycles. The van der Waals surface area contributed by atoms with Crippen molar-refractivity contribution in [3.05, 3.63) is 83.9 Å². The Morgan fingerprint density at radius 3 is 0.581 bits per heavy atom. The Morgan fingerprint density at radius 1 is 0.381 bits per heavy atom. The van der Waals surface area contributed by atoms with E-state index in [0.29, 0.717) is 0 Å². The minimum Gasteiger partial charge on any atom is -0.394 e. The molecule has 0 unspecified atom stereocenters. The van der Waals surface area contributed by atoms with Gasteiger partial charge in [-0.15, -0.1) is 0 Å². The van der Waals surface area contributed by atoms with Crippen LogP contribution in [0.2, 0.25) is 0 Å². The fraction of sp³-hybridized carbons (Fsp3) is 0.658. The van der Waals surface area contributed by atoms with Crippen LogP contribution in [0.25, 0.3) is 0 Å². The van der Waals surface area contributed by atoms with Gasteiger partial charge in [-0.25, -0.2) is 0 Å². The van der Waals surface area contributed by atoms with Crippen LogP contribution >= 0.6 is 0 Å². The number of nitrogens with two attached hydrogens (primary N) is 4. The highest BCUT2D eigenvalue weighted by Crippen LogP contribution is 2.08. The Morgan fingerprint density at radius 2 is 0.524 bits per heavy atom. The SMILES string of the molecule is C/C=C\C.C=O.C=O.C=O.C=O.C=O.C=O.C=O.C=O.C=O.C=O.C=O.C=O.CC.CC.CC.CC(=O)N1CCCCC1.CC(C)C.CC(C)O.CCC(C)C.CCC(C)C.CCC(C)C.CCC(C)C.CCCCN.CCc1ccccc1.CCc1ccccc1.CN.CN.CN.N.N.N.N.N.N.N. The summed E-state index contributed by atoms with van der Waals surface area (Å²) in [5, 5.41) is 8.06. The summed E-state index contributed by atoms with van der Waals surface area (Å²) in [7, 11) is 4.50. The molecule has 3 rings (SSSR count). The Labute approximate surface area is 654 Å². The van der Waals surface area contributed by atoms with Gasteiger partial charge >= 0.3 is 0 Å². The number of aliphatic hydroxyl groups excluding tert-OH is 1. The van der Waals surface area contributed by atoms with Gasteiger partial charge in [-0.05, 0) is 135 Å². The number of unbranched alkanes of at least 4 members (excludes halogenated alkanes) is 1. The monoisotopic (exact) mass is 1540 g/mol. The first-order valence-electron chi connectivity index (χ1n) is 33.5. The van der Waals surface area contributed by atoms with E-state index in [9.17, 15) is 4.79 Å². The third-order valence-corrected chi connectivity index (χ3v) is 8.46. The average molecular weight is 1540 g/mol. The molecule has 30 N–H and O–H groups in total. The lowest BCUT2D eigenvalue weighted by molar-refractivity contribution is -0.129. The first-order valence-corrected chi connectivity index (χ1v) is 33.5. The van der Waals surface area contributed by atoms with Crippen LogP contribution in [-0.4, -0.2) is 144 Å². The van der Waals surface area contributed by atoms with E-state index in [0.717, 1.165) is 62.1 Å². The third-order valence-electron chi connectivity index (χ3n) is 8.46. The van der Waals surface area contributed by atoms with Crippen LogP contribution in [0.5, 0.6) is 0 Å². The highest BCUT2D eigenvalue weighted by molar-refractivity contribution is 5.73. The van der Waals surface area contributed by atoms with Gasteiger partial charge < -0.3 is 134 Å². The lowest BCUT2D eigenvalue weighted by Gasteiger charge is -2.24. The topological polar surface area (TPSA) is 594 Å². The second kappa shape index (κ2) is 372. The number of rotatable bonds is 8. The number of carbonyl (C=O) groups excluding carboxylic acids is 13. The maximum Gasteiger partial charge on any atom is 0.219 e. The van der Waals surface area contributed by atoms with Crippen molar-refractivity contribution in [1.82, 2.24) is 48.0 Å².